The van der Waals surface area contributed by atoms with Crippen LogP contribution in [0.25, 0.3) is 22.8 Å². The summed E-state index contributed by atoms with van der Waals surface area (Å²) in [6.07, 6.45) is 2.39. The van der Waals surface area contributed by atoms with E-state index < -0.39 is 0 Å². The fourth-order valence-corrected chi connectivity index (χ4v) is 3.33. The molecular weight excluding hydrogens is 361 g/mol. The molecule has 3 heterocycles. The highest BCUT2D eigenvalue weighted by Gasteiger charge is 2.21. The molecule has 0 fully saturated rings. The van der Waals surface area contributed by atoms with Gasteiger partial charge in [0.1, 0.15) is 0 Å². The monoisotopic (exact) mass is 373 g/mol. The number of fused-ring (bicyclic) bond motifs is 1. The number of aromatic nitrogens is 3. The van der Waals surface area contributed by atoms with Crippen molar-refractivity contribution in [2.75, 3.05) is 12.3 Å². The Labute approximate surface area is 153 Å². The third kappa shape index (κ3) is 2.83. The van der Waals surface area contributed by atoms with Gasteiger partial charge in [-0.25, -0.2) is 9.97 Å². The third-order valence-corrected chi connectivity index (χ3v) is 4.60. The van der Waals surface area contributed by atoms with Gasteiger partial charge in [0.15, 0.2) is 5.82 Å². The maximum absolute atomic E-state index is 11.9. The number of rotatable bonds is 2. The second-order valence-corrected chi connectivity index (χ2v) is 6.54. The lowest BCUT2D eigenvalue weighted by Crippen LogP contribution is -2.31. The lowest BCUT2D eigenvalue weighted by molar-refractivity contribution is 0.0946. The van der Waals surface area contributed by atoms with Crippen molar-refractivity contribution in [3.8, 4) is 22.8 Å². The minimum absolute atomic E-state index is 0.0797. The number of nitrogens with zero attached hydrogens (tertiary/aromatic N) is 2. The van der Waals surface area contributed by atoms with Gasteiger partial charge in [-0.2, -0.15) is 0 Å². The Morgan fingerprint density at radius 1 is 1.16 bits per heavy atom. The zero-order valence-electron chi connectivity index (χ0n) is 12.9. The molecule has 8 heteroatoms. The SMILES string of the molecule is Nc1c(Cl)cc(Cl)cc1-c1nccc(-c2cc3c([nH]2)CCNC3=O)n1. The molecule has 0 atom stereocenters. The fraction of sp³-hybridized carbons (Fsp3) is 0.118. The number of amides is 1. The van der Waals surface area contributed by atoms with Gasteiger partial charge in [0.25, 0.3) is 5.91 Å². The number of anilines is 1. The molecule has 4 N–H and O–H groups in total. The molecule has 1 aliphatic heterocycles. The summed E-state index contributed by atoms with van der Waals surface area (Å²) in [6, 6.07) is 6.81. The maximum atomic E-state index is 11.9. The fourth-order valence-electron chi connectivity index (χ4n) is 2.84. The molecular formula is C17H13Cl2N5O. The Morgan fingerprint density at radius 3 is 2.80 bits per heavy atom. The van der Waals surface area contributed by atoms with E-state index in [0.29, 0.717) is 44.9 Å². The van der Waals surface area contributed by atoms with Gasteiger partial charge >= 0.3 is 0 Å². The van der Waals surface area contributed by atoms with E-state index in [9.17, 15) is 4.79 Å². The predicted molar refractivity (Wildman–Crippen MR) is 97.7 cm³/mol. The Morgan fingerprint density at radius 2 is 2.00 bits per heavy atom. The number of H-pyrrole nitrogens is 1. The number of hydrogen-bond acceptors (Lipinski definition) is 4. The second kappa shape index (κ2) is 6.06. The van der Waals surface area contributed by atoms with Gasteiger partial charge in [-0.1, -0.05) is 23.2 Å². The molecule has 0 unspecified atom stereocenters. The van der Waals surface area contributed by atoms with E-state index in [1.54, 1.807) is 30.5 Å². The molecule has 3 aromatic rings. The van der Waals surface area contributed by atoms with Crippen molar-refractivity contribution in [2.24, 2.45) is 0 Å². The first-order chi connectivity index (χ1) is 12.0. The number of carbonyl (C=O) groups is 1. The lowest BCUT2D eigenvalue weighted by atomic mass is 10.1. The molecule has 0 bridgehead atoms. The summed E-state index contributed by atoms with van der Waals surface area (Å²) in [7, 11) is 0. The molecule has 126 valence electrons. The van der Waals surface area contributed by atoms with Crippen LogP contribution in [0.15, 0.2) is 30.5 Å². The minimum Gasteiger partial charge on any atom is -0.397 e. The normalized spacial score (nSPS) is 13.4. The highest BCUT2D eigenvalue weighted by atomic mass is 35.5. The van der Waals surface area contributed by atoms with Crippen LogP contribution in [0.1, 0.15) is 16.1 Å². The Balaban J connectivity index is 1.80. The summed E-state index contributed by atoms with van der Waals surface area (Å²) in [4.78, 5) is 24.0. The summed E-state index contributed by atoms with van der Waals surface area (Å²) in [6.45, 7) is 0.623. The number of aromatic amines is 1. The van der Waals surface area contributed by atoms with Gasteiger partial charge in [-0.15, -0.1) is 0 Å². The van der Waals surface area contributed by atoms with Crippen molar-refractivity contribution in [1.29, 1.82) is 0 Å². The molecule has 0 aliphatic carbocycles. The average Bonchev–Trinajstić information content (AvgIpc) is 3.04. The maximum Gasteiger partial charge on any atom is 0.253 e. The van der Waals surface area contributed by atoms with Crippen molar-refractivity contribution in [1.82, 2.24) is 20.3 Å². The Kier molecular flexibility index (Phi) is 3.86. The minimum atomic E-state index is -0.0797. The first kappa shape index (κ1) is 15.9. The van der Waals surface area contributed by atoms with Gasteiger partial charge in [0, 0.05) is 35.4 Å². The van der Waals surface area contributed by atoms with Gasteiger partial charge in [-0.05, 0) is 24.3 Å². The van der Waals surface area contributed by atoms with E-state index in [4.69, 9.17) is 28.9 Å². The molecule has 1 aromatic carbocycles. The van der Waals surface area contributed by atoms with Gasteiger partial charge in [0.2, 0.25) is 0 Å². The largest absolute Gasteiger partial charge is 0.397 e. The third-order valence-electron chi connectivity index (χ3n) is 4.07. The Bertz CT molecular complexity index is 999. The number of hydrogen-bond donors (Lipinski definition) is 3. The smallest absolute Gasteiger partial charge is 0.253 e. The number of benzene rings is 1. The molecule has 1 amide bonds. The molecule has 2 aromatic heterocycles. The molecule has 4 rings (SSSR count). The van der Waals surface area contributed by atoms with Crippen LogP contribution in [-0.2, 0) is 6.42 Å². The van der Waals surface area contributed by atoms with Gasteiger partial charge < -0.3 is 16.0 Å². The van der Waals surface area contributed by atoms with Crippen molar-refractivity contribution in [3.05, 3.63) is 51.8 Å². The second-order valence-electron chi connectivity index (χ2n) is 5.70. The molecule has 6 nitrogen and oxygen atoms in total. The van der Waals surface area contributed by atoms with Crippen LogP contribution in [0.5, 0.6) is 0 Å². The van der Waals surface area contributed by atoms with E-state index >= 15 is 0 Å². The number of halogens is 2. The molecule has 0 spiro atoms. The van der Waals surface area contributed by atoms with Crippen LogP contribution in [0.3, 0.4) is 0 Å². The molecule has 1 aliphatic rings. The molecule has 0 saturated carbocycles. The standard InChI is InChI=1S/C17H13Cl2N5O/c18-8-5-10(15(20)11(19)6-8)16-21-3-2-13(24-16)14-7-9-12(23-14)1-4-22-17(9)25/h2-3,5-7,23H,1,4,20H2,(H,22,25). The average molecular weight is 374 g/mol. The van der Waals surface area contributed by atoms with Crippen LogP contribution in [0.4, 0.5) is 5.69 Å². The van der Waals surface area contributed by atoms with Crippen LogP contribution in [0.2, 0.25) is 10.0 Å². The summed E-state index contributed by atoms with van der Waals surface area (Å²) in [5, 5.41) is 3.63. The number of carbonyl (C=O) groups excluding carboxylic acids is 1. The van der Waals surface area contributed by atoms with Gasteiger partial charge in [0.05, 0.1) is 27.7 Å². The zero-order chi connectivity index (χ0) is 17.6. The molecule has 25 heavy (non-hydrogen) atoms. The highest BCUT2D eigenvalue weighted by Crippen LogP contribution is 2.34. The highest BCUT2D eigenvalue weighted by molar-refractivity contribution is 6.37. The molecule has 0 saturated heterocycles. The van der Waals surface area contributed by atoms with E-state index in [0.717, 1.165) is 17.8 Å². The van der Waals surface area contributed by atoms with Crippen molar-refractivity contribution in [2.45, 2.75) is 6.42 Å². The Hall–Kier alpha value is -2.57. The lowest BCUT2D eigenvalue weighted by Gasteiger charge is -2.11. The van der Waals surface area contributed by atoms with Crippen LogP contribution in [-0.4, -0.2) is 27.4 Å². The quantitative estimate of drug-likeness (QED) is 0.600. The van der Waals surface area contributed by atoms with Crippen molar-refractivity contribution >= 4 is 34.8 Å². The van der Waals surface area contributed by atoms with Crippen LogP contribution >= 0.6 is 23.2 Å². The van der Waals surface area contributed by atoms with Crippen molar-refractivity contribution in [3.63, 3.8) is 0 Å². The topological polar surface area (TPSA) is 96.7 Å². The summed E-state index contributed by atoms with van der Waals surface area (Å²) >= 11 is 12.2. The van der Waals surface area contributed by atoms with Gasteiger partial charge in [-0.3, -0.25) is 4.79 Å². The van der Waals surface area contributed by atoms with E-state index in [1.807, 2.05) is 0 Å². The number of nitrogens with one attached hydrogen (secondary N) is 2. The number of nitrogens with two attached hydrogens (primary N) is 1. The van der Waals surface area contributed by atoms with Crippen LogP contribution < -0.4 is 11.1 Å². The first-order valence-corrected chi connectivity index (χ1v) is 8.37. The van der Waals surface area contributed by atoms with Crippen molar-refractivity contribution < 1.29 is 4.79 Å². The predicted octanol–water partition coefficient (Wildman–Crippen LogP) is 3.31. The van der Waals surface area contributed by atoms with E-state index in [2.05, 4.69) is 20.3 Å². The number of nitrogen functional groups attached to an aromatic ring is 1. The first-order valence-electron chi connectivity index (χ1n) is 7.61. The zero-order valence-corrected chi connectivity index (χ0v) is 14.4. The summed E-state index contributed by atoms with van der Waals surface area (Å²) in [5.74, 6) is 0.334. The molecule has 0 radical (unpaired) electrons. The summed E-state index contributed by atoms with van der Waals surface area (Å²) < 4.78 is 0. The van der Waals surface area contributed by atoms with Crippen LogP contribution in [0, 0.1) is 0 Å². The van der Waals surface area contributed by atoms with E-state index in [-0.39, 0.29) is 5.91 Å². The summed E-state index contributed by atoms with van der Waals surface area (Å²) in [5.41, 5.74) is 9.93. The van der Waals surface area contributed by atoms with E-state index in [1.165, 1.54) is 0 Å².